The van der Waals surface area contributed by atoms with Gasteiger partial charge in [0.05, 0.1) is 26.8 Å². The smallest absolute Gasteiger partial charge is 0.234 e. The van der Waals surface area contributed by atoms with Crippen LogP contribution in [0.4, 0.5) is 0 Å². The van der Waals surface area contributed by atoms with Gasteiger partial charge in [0, 0.05) is 0 Å². The molecule has 0 aliphatic rings. The van der Waals surface area contributed by atoms with Crippen LogP contribution in [0, 0.1) is 0 Å². The number of hydrogen-bond acceptors (Lipinski definition) is 4. The predicted octanol–water partition coefficient (Wildman–Crippen LogP) is 2.48. The van der Waals surface area contributed by atoms with E-state index in [0.29, 0.717) is 17.9 Å². The Hall–Kier alpha value is -2.24. The highest BCUT2D eigenvalue weighted by Gasteiger charge is 2.15. The minimum atomic E-state index is -0.181. The fourth-order valence-electron chi connectivity index (χ4n) is 2.43. The van der Waals surface area contributed by atoms with Crippen molar-refractivity contribution in [2.24, 2.45) is 5.73 Å². The van der Waals surface area contributed by atoms with Gasteiger partial charge in [0.1, 0.15) is 0 Å². The van der Waals surface area contributed by atoms with Crippen LogP contribution in [-0.2, 0) is 11.2 Å². The molecule has 2 rings (SSSR count). The van der Waals surface area contributed by atoms with Gasteiger partial charge in [-0.1, -0.05) is 36.4 Å². The third kappa shape index (κ3) is 5.15. The minimum absolute atomic E-state index is 0. The molecular weight excluding hydrogens is 328 g/mol. The lowest BCUT2D eigenvalue weighted by molar-refractivity contribution is -0.120. The molecule has 0 aliphatic carbocycles. The van der Waals surface area contributed by atoms with Gasteiger partial charge in [-0.3, -0.25) is 4.79 Å². The van der Waals surface area contributed by atoms with Crippen molar-refractivity contribution in [1.29, 1.82) is 0 Å². The molecular formula is C18H23ClN2O3. The van der Waals surface area contributed by atoms with Crippen molar-refractivity contribution in [3.8, 4) is 11.5 Å². The Morgan fingerprint density at radius 2 is 1.75 bits per heavy atom. The molecule has 0 radical (unpaired) electrons. The van der Waals surface area contributed by atoms with Crippen LogP contribution in [0.25, 0.3) is 0 Å². The molecule has 0 heterocycles. The summed E-state index contributed by atoms with van der Waals surface area (Å²) in [6.07, 6.45) is 0.635. The van der Waals surface area contributed by atoms with Crippen molar-refractivity contribution in [3.05, 3.63) is 59.7 Å². The summed E-state index contributed by atoms with van der Waals surface area (Å²) in [5.41, 5.74) is 7.49. The summed E-state index contributed by atoms with van der Waals surface area (Å²) >= 11 is 0. The molecule has 2 aromatic rings. The highest BCUT2D eigenvalue weighted by Crippen LogP contribution is 2.29. The monoisotopic (exact) mass is 350 g/mol. The Labute approximate surface area is 148 Å². The predicted molar refractivity (Wildman–Crippen MR) is 96.9 cm³/mol. The summed E-state index contributed by atoms with van der Waals surface area (Å²) in [5, 5.41) is 2.96. The SMILES string of the molecule is COc1ccc(CC(NC(=O)CN)c2ccccc2)cc1OC.Cl. The normalized spacial score (nSPS) is 11.1. The Balaban J connectivity index is 0.00000288. The molecule has 0 aromatic heterocycles. The molecule has 0 aliphatic heterocycles. The van der Waals surface area contributed by atoms with Crippen molar-refractivity contribution in [1.82, 2.24) is 5.32 Å². The van der Waals surface area contributed by atoms with Gasteiger partial charge in [0.2, 0.25) is 5.91 Å². The summed E-state index contributed by atoms with van der Waals surface area (Å²) in [7, 11) is 3.21. The van der Waals surface area contributed by atoms with Crippen molar-refractivity contribution < 1.29 is 14.3 Å². The number of carbonyl (C=O) groups excluding carboxylic acids is 1. The van der Waals surface area contributed by atoms with Crippen molar-refractivity contribution >= 4 is 18.3 Å². The number of amides is 1. The number of nitrogens with two attached hydrogens (primary N) is 1. The van der Waals surface area contributed by atoms with Gasteiger partial charge in [-0.2, -0.15) is 0 Å². The number of hydrogen-bond donors (Lipinski definition) is 2. The second-order valence-electron chi connectivity index (χ2n) is 5.13. The first-order chi connectivity index (χ1) is 11.2. The molecule has 6 heteroatoms. The molecule has 2 aromatic carbocycles. The van der Waals surface area contributed by atoms with Gasteiger partial charge < -0.3 is 20.5 Å². The van der Waals surface area contributed by atoms with E-state index in [1.165, 1.54) is 0 Å². The van der Waals surface area contributed by atoms with Crippen LogP contribution >= 0.6 is 12.4 Å². The highest BCUT2D eigenvalue weighted by molar-refractivity contribution is 5.85. The van der Waals surface area contributed by atoms with Crippen LogP contribution in [0.1, 0.15) is 17.2 Å². The molecule has 1 atom stereocenters. The quantitative estimate of drug-likeness (QED) is 0.804. The van der Waals surface area contributed by atoms with Gasteiger partial charge in [0.25, 0.3) is 0 Å². The maximum absolute atomic E-state index is 11.7. The molecule has 0 spiro atoms. The Kier molecular flexibility index (Phi) is 8.09. The zero-order valence-electron chi connectivity index (χ0n) is 13.8. The first kappa shape index (κ1) is 19.8. The van der Waals surface area contributed by atoms with Gasteiger partial charge in [-0.15, -0.1) is 12.4 Å². The number of ether oxygens (including phenoxy) is 2. The molecule has 5 nitrogen and oxygen atoms in total. The standard InChI is InChI=1S/C18H22N2O3.ClH/c1-22-16-9-8-13(11-17(16)23-2)10-15(20-18(21)12-19)14-6-4-3-5-7-14;/h3-9,11,15H,10,12,19H2,1-2H3,(H,20,21);1H. The van der Waals surface area contributed by atoms with E-state index in [-0.39, 0.29) is 30.9 Å². The lowest BCUT2D eigenvalue weighted by atomic mass is 9.98. The molecule has 130 valence electrons. The third-order valence-electron chi connectivity index (χ3n) is 3.61. The van der Waals surface area contributed by atoms with Gasteiger partial charge in [-0.05, 0) is 29.7 Å². The lowest BCUT2D eigenvalue weighted by Gasteiger charge is -2.20. The van der Waals surface area contributed by atoms with E-state index in [0.717, 1.165) is 11.1 Å². The number of nitrogens with one attached hydrogen (secondary N) is 1. The summed E-state index contributed by atoms with van der Waals surface area (Å²) in [6.45, 7) is -0.0325. The van der Waals surface area contributed by atoms with E-state index in [4.69, 9.17) is 15.2 Å². The van der Waals surface area contributed by atoms with Gasteiger partial charge >= 0.3 is 0 Å². The van der Waals surface area contributed by atoms with E-state index in [1.807, 2.05) is 48.5 Å². The minimum Gasteiger partial charge on any atom is -0.493 e. The Morgan fingerprint density at radius 3 is 2.33 bits per heavy atom. The van der Waals surface area contributed by atoms with Gasteiger partial charge in [-0.25, -0.2) is 0 Å². The molecule has 1 amide bonds. The molecule has 1 unspecified atom stereocenters. The number of halogens is 1. The average molecular weight is 351 g/mol. The zero-order valence-corrected chi connectivity index (χ0v) is 14.6. The summed E-state index contributed by atoms with van der Waals surface area (Å²) in [4.78, 5) is 11.7. The van der Waals surface area contributed by atoms with Crippen LogP contribution in [-0.4, -0.2) is 26.7 Å². The summed E-state index contributed by atoms with van der Waals surface area (Å²) < 4.78 is 10.6. The lowest BCUT2D eigenvalue weighted by Crippen LogP contribution is -2.34. The average Bonchev–Trinajstić information content (AvgIpc) is 2.61. The maximum Gasteiger partial charge on any atom is 0.234 e. The fourth-order valence-corrected chi connectivity index (χ4v) is 2.43. The topological polar surface area (TPSA) is 73.6 Å². The van der Waals surface area contributed by atoms with E-state index in [9.17, 15) is 4.79 Å². The van der Waals surface area contributed by atoms with Crippen LogP contribution < -0.4 is 20.5 Å². The number of carbonyl (C=O) groups is 1. The van der Waals surface area contributed by atoms with Crippen molar-refractivity contribution in [3.63, 3.8) is 0 Å². The van der Waals surface area contributed by atoms with Crippen LogP contribution in [0.2, 0.25) is 0 Å². The second-order valence-corrected chi connectivity index (χ2v) is 5.13. The van der Waals surface area contributed by atoms with Gasteiger partial charge in [0.15, 0.2) is 11.5 Å². The molecule has 0 saturated heterocycles. The third-order valence-corrected chi connectivity index (χ3v) is 3.61. The maximum atomic E-state index is 11.7. The molecule has 0 fully saturated rings. The van der Waals surface area contributed by atoms with Crippen molar-refractivity contribution in [2.45, 2.75) is 12.5 Å². The molecule has 0 bridgehead atoms. The van der Waals surface area contributed by atoms with E-state index in [2.05, 4.69) is 5.32 Å². The number of benzene rings is 2. The second kappa shape index (κ2) is 9.80. The number of methoxy groups -OCH3 is 2. The first-order valence-corrected chi connectivity index (χ1v) is 7.43. The summed E-state index contributed by atoms with van der Waals surface area (Å²) in [6, 6.07) is 15.4. The summed E-state index contributed by atoms with van der Waals surface area (Å²) in [5.74, 6) is 1.17. The van der Waals surface area contributed by atoms with Crippen molar-refractivity contribution in [2.75, 3.05) is 20.8 Å². The molecule has 24 heavy (non-hydrogen) atoms. The highest BCUT2D eigenvalue weighted by atomic mass is 35.5. The van der Waals surface area contributed by atoms with E-state index in [1.54, 1.807) is 14.2 Å². The molecule has 3 N–H and O–H groups in total. The zero-order chi connectivity index (χ0) is 16.7. The largest absolute Gasteiger partial charge is 0.493 e. The first-order valence-electron chi connectivity index (χ1n) is 7.43. The molecule has 0 saturated carbocycles. The fraction of sp³-hybridized carbons (Fsp3) is 0.278. The van der Waals surface area contributed by atoms with Crippen LogP contribution in [0.15, 0.2) is 48.5 Å². The Morgan fingerprint density at radius 1 is 1.08 bits per heavy atom. The number of rotatable bonds is 7. The van der Waals surface area contributed by atoms with Crippen LogP contribution in [0.5, 0.6) is 11.5 Å². The Bertz CT molecular complexity index is 650. The van der Waals surface area contributed by atoms with E-state index < -0.39 is 0 Å². The van der Waals surface area contributed by atoms with Crippen LogP contribution in [0.3, 0.4) is 0 Å². The van der Waals surface area contributed by atoms with E-state index >= 15 is 0 Å².